The number of aryl methyl sites for hydroxylation is 1. The molecular weight excluding hydrogens is 653 g/mol. The molecule has 0 aliphatic heterocycles. The lowest BCUT2D eigenvalue weighted by Gasteiger charge is -2.30. The van der Waals surface area contributed by atoms with Crippen LogP contribution in [0.3, 0.4) is 0 Å². The molecule has 9 aromatic rings. The largest absolute Gasteiger partial charge is 0.310 e. The second-order valence-corrected chi connectivity index (χ2v) is 13.8. The number of rotatable bonds is 9. The van der Waals surface area contributed by atoms with Crippen molar-refractivity contribution in [2.45, 2.75) is 13.3 Å². The van der Waals surface area contributed by atoms with Crippen LogP contribution in [0.1, 0.15) is 11.1 Å². The van der Waals surface area contributed by atoms with Crippen molar-refractivity contribution >= 4 is 38.9 Å². The van der Waals surface area contributed by atoms with Crippen molar-refractivity contribution in [3.05, 3.63) is 218 Å². The van der Waals surface area contributed by atoms with Crippen LogP contribution in [0.25, 0.3) is 60.9 Å². The van der Waals surface area contributed by atoms with Crippen molar-refractivity contribution in [1.82, 2.24) is 4.57 Å². The number of hydrogen-bond donors (Lipinski definition) is 0. The van der Waals surface area contributed by atoms with Gasteiger partial charge >= 0.3 is 0 Å². The van der Waals surface area contributed by atoms with Gasteiger partial charge in [-0.2, -0.15) is 0 Å². The maximum absolute atomic E-state index is 4.12. The Kier molecular flexibility index (Phi) is 8.70. The van der Waals surface area contributed by atoms with Crippen molar-refractivity contribution in [3.63, 3.8) is 0 Å². The van der Waals surface area contributed by atoms with E-state index in [2.05, 4.69) is 217 Å². The zero-order chi connectivity index (χ0) is 36.4. The molecule has 2 heteroatoms. The van der Waals surface area contributed by atoms with Gasteiger partial charge in [0.25, 0.3) is 0 Å². The average Bonchev–Trinajstić information content (AvgIpc) is 3.56. The minimum absolute atomic E-state index is 0.778. The van der Waals surface area contributed by atoms with Crippen molar-refractivity contribution < 1.29 is 0 Å². The van der Waals surface area contributed by atoms with Crippen molar-refractivity contribution in [3.8, 4) is 39.1 Å². The normalized spacial score (nSPS) is 11.2. The number of benzene rings is 8. The summed E-state index contributed by atoms with van der Waals surface area (Å²) in [5.74, 6) is 0. The molecule has 1 aromatic heterocycles. The monoisotopic (exact) mass is 692 g/mol. The van der Waals surface area contributed by atoms with Crippen molar-refractivity contribution in [2.75, 3.05) is 4.90 Å². The van der Waals surface area contributed by atoms with Gasteiger partial charge in [-0.05, 0) is 113 Å². The van der Waals surface area contributed by atoms with Crippen LogP contribution in [-0.4, -0.2) is 4.57 Å². The SMILES string of the molecule is C=CCc1cccc(N(c2ccc(-c3ccccc3)cc2)c2ccc(-c3ccc4c(c3)c3ccccc3n4-c3ccccc3)cc2)c1-c1ccccc1C. The Morgan fingerprint density at radius 3 is 1.78 bits per heavy atom. The quantitative estimate of drug-likeness (QED) is 0.137. The average molecular weight is 693 g/mol. The molecule has 1 heterocycles. The van der Waals surface area contributed by atoms with Gasteiger partial charge in [0, 0.05) is 33.4 Å². The van der Waals surface area contributed by atoms with E-state index in [4.69, 9.17) is 0 Å². The Balaban J connectivity index is 1.18. The Morgan fingerprint density at radius 2 is 1.07 bits per heavy atom. The number of aromatic nitrogens is 1. The lowest BCUT2D eigenvalue weighted by molar-refractivity contribution is 1.18. The molecule has 0 amide bonds. The summed E-state index contributed by atoms with van der Waals surface area (Å²) in [5, 5.41) is 2.50. The smallest absolute Gasteiger partial charge is 0.0543 e. The standard InChI is InChI=1S/C52H40N2/c1-3-15-41-19-14-25-51(52(41)46-22-11-10-16-37(46)2)53(44-31-26-39(27-32-44)38-17-6-4-7-18-38)45-33-28-40(29-34-45)42-30-35-50-48(36-42)47-23-12-13-24-49(47)54(50)43-20-8-5-9-21-43/h3-14,16-36H,1,15H2,2H3. The molecule has 0 bridgehead atoms. The number of para-hydroxylation sites is 2. The van der Waals surface area contributed by atoms with Crippen LogP contribution in [0.2, 0.25) is 0 Å². The molecule has 258 valence electrons. The fourth-order valence-electron chi connectivity index (χ4n) is 7.93. The fraction of sp³-hybridized carbons (Fsp3) is 0.0385. The van der Waals surface area contributed by atoms with Gasteiger partial charge in [0.05, 0.1) is 16.7 Å². The highest BCUT2D eigenvalue weighted by Gasteiger charge is 2.21. The summed E-state index contributed by atoms with van der Waals surface area (Å²) in [4.78, 5) is 2.41. The molecule has 2 nitrogen and oxygen atoms in total. The summed E-state index contributed by atoms with van der Waals surface area (Å²) in [6, 6.07) is 70.2. The summed E-state index contributed by atoms with van der Waals surface area (Å²) in [6.45, 7) is 6.32. The molecule has 0 spiro atoms. The molecule has 54 heavy (non-hydrogen) atoms. The molecule has 0 radical (unpaired) electrons. The van der Waals surface area contributed by atoms with Gasteiger partial charge in [0.1, 0.15) is 0 Å². The highest BCUT2D eigenvalue weighted by Crippen LogP contribution is 2.44. The highest BCUT2D eigenvalue weighted by atomic mass is 15.1. The Bertz CT molecular complexity index is 2740. The van der Waals surface area contributed by atoms with E-state index in [0.717, 1.165) is 23.5 Å². The van der Waals surface area contributed by atoms with E-state index < -0.39 is 0 Å². The zero-order valence-corrected chi connectivity index (χ0v) is 30.4. The number of fused-ring (bicyclic) bond motifs is 3. The summed E-state index contributed by atoms with van der Waals surface area (Å²) in [5.41, 5.74) is 16.6. The number of allylic oxidation sites excluding steroid dienone is 1. The van der Waals surface area contributed by atoms with E-state index in [0.29, 0.717) is 0 Å². The third kappa shape index (κ3) is 5.98. The molecular formula is C52H40N2. The predicted molar refractivity (Wildman–Crippen MR) is 230 cm³/mol. The van der Waals surface area contributed by atoms with Crippen LogP contribution in [-0.2, 0) is 6.42 Å². The van der Waals surface area contributed by atoms with Gasteiger partial charge in [-0.25, -0.2) is 0 Å². The molecule has 0 unspecified atom stereocenters. The molecule has 8 aromatic carbocycles. The number of nitrogens with zero attached hydrogens (tertiary/aromatic N) is 2. The van der Waals surface area contributed by atoms with Crippen molar-refractivity contribution in [2.24, 2.45) is 0 Å². The van der Waals surface area contributed by atoms with E-state index in [-0.39, 0.29) is 0 Å². The third-order valence-corrected chi connectivity index (χ3v) is 10.5. The maximum Gasteiger partial charge on any atom is 0.0543 e. The van der Waals surface area contributed by atoms with Gasteiger partial charge in [0.15, 0.2) is 0 Å². The van der Waals surface area contributed by atoms with E-state index >= 15 is 0 Å². The van der Waals surface area contributed by atoms with Gasteiger partial charge in [-0.1, -0.05) is 140 Å². The zero-order valence-electron chi connectivity index (χ0n) is 30.4. The minimum Gasteiger partial charge on any atom is -0.310 e. The van der Waals surface area contributed by atoms with Crippen molar-refractivity contribution in [1.29, 1.82) is 0 Å². The number of anilines is 3. The molecule has 0 saturated carbocycles. The van der Waals surface area contributed by atoms with Crippen LogP contribution in [0, 0.1) is 6.92 Å². The highest BCUT2D eigenvalue weighted by molar-refractivity contribution is 6.10. The maximum atomic E-state index is 4.12. The van der Waals surface area contributed by atoms with Crippen LogP contribution in [0.5, 0.6) is 0 Å². The van der Waals surface area contributed by atoms with E-state index in [9.17, 15) is 0 Å². The molecule has 9 rings (SSSR count). The first-order chi connectivity index (χ1) is 26.7. The fourth-order valence-corrected chi connectivity index (χ4v) is 7.93. The number of hydrogen-bond acceptors (Lipinski definition) is 1. The topological polar surface area (TPSA) is 8.17 Å². The first kappa shape index (κ1) is 33.0. The summed E-state index contributed by atoms with van der Waals surface area (Å²) < 4.78 is 2.37. The molecule has 0 saturated heterocycles. The van der Waals surface area contributed by atoms with Gasteiger partial charge in [-0.3, -0.25) is 0 Å². The summed E-state index contributed by atoms with van der Waals surface area (Å²) in [6.07, 6.45) is 2.78. The second-order valence-electron chi connectivity index (χ2n) is 13.8. The molecule has 0 atom stereocenters. The van der Waals surface area contributed by atoms with E-state index in [1.165, 1.54) is 72.0 Å². The van der Waals surface area contributed by atoms with E-state index in [1.807, 2.05) is 6.08 Å². The van der Waals surface area contributed by atoms with Crippen LogP contribution in [0.15, 0.2) is 207 Å². The van der Waals surface area contributed by atoms with E-state index in [1.54, 1.807) is 0 Å². The first-order valence-electron chi connectivity index (χ1n) is 18.6. The summed E-state index contributed by atoms with van der Waals surface area (Å²) in [7, 11) is 0. The van der Waals surface area contributed by atoms with Gasteiger partial charge in [0.2, 0.25) is 0 Å². The Morgan fingerprint density at radius 1 is 0.500 bits per heavy atom. The van der Waals surface area contributed by atoms with Gasteiger partial charge in [-0.15, -0.1) is 6.58 Å². The first-order valence-corrected chi connectivity index (χ1v) is 18.6. The summed E-state index contributed by atoms with van der Waals surface area (Å²) >= 11 is 0. The Hall–Kier alpha value is -6.90. The molecule has 0 N–H and O–H groups in total. The van der Waals surface area contributed by atoms with Crippen LogP contribution in [0.4, 0.5) is 17.1 Å². The van der Waals surface area contributed by atoms with Crippen LogP contribution >= 0.6 is 0 Å². The predicted octanol–water partition coefficient (Wildman–Crippen LogP) is 14.3. The minimum atomic E-state index is 0.778. The molecule has 0 aliphatic carbocycles. The lowest BCUT2D eigenvalue weighted by Crippen LogP contribution is -2.12. The van der Waals surface area contributed by atoms with Gasteiger partial charge < -0.3 is 9.47 Å². The third-order valence-electron chi connectivity index (χ3n) is 10.5. The molecule has 0 fully saturated rings. The lowest BCUT2D eigenvalue weighted by atomic mass is 9.91. The van der Waals surface area contributed by atoms with Crippen LogP contribution < -0.4 is 4.90 Å². The second kappa shape index (κ2) is 14.3. The Labute approximate surface area is 317 Å². The molecule has 0 aliphatic rings.